The van der Waals surface area contributed by atoms with Gasteiger partial charge < -0.3 is 14.6 Å². The molecule has 2 aromatic carbocycles. The predicted octanol–water partition coefficient (Wildman–Crippen LogP) is 4.65. The third-order valence-electron chi connectivity index (χ3n) is 3.77. The van der Waals surface area contributed by atoms with E-state index in [9.17, 15) is 14.7 Å². The first-order chi connectivity index (χ1) is 13.0. The predicted molar refractivity (Wildman–Crippen MR) is 113 cm³/mol. The molecule has 0 saturated carbocycles. The van der Waals surface area contributed by atoms with Crippen LogP contribution in [0.4, 0.5) is 10.5 Å². The summed E-state index contributed by atoms with van der Waals surface area (Å²) in [7, 11) is 1.49. The van der Waals surface area contributed by atoms with E-state index in [1.807, 2.05) is 29.5 Å². The third kappa shape index (κ3) is 3.91. The van der Waals surface area contributed by atoms with E-state index >= 15 is 0 Å². The van der Waals surface area contributed by atoms with Crippen molar-refractivity contribution in [1.29, 1.82) is 0 Å². The van der Waals surface area contributed by atoms with Crippen molar-refractivity contribution in [2.45, 2.75) is 6.92 Å². The topological polar surface area (TPSA) is 76.1 Å². The minimum Gasteiger partial charge on any atom is -0.504 e. The van der Waals surface area contributed by atoms with E-state index in [0.717, 1.165) is 16.7 Å². The van der Waals surface area contributed by atoms with Gasteiger partial charge in [0, 0.05) is 0 Å². The van der Waals surface area contributed by atoms with Gasteiger partial charge in [-0.05, 0) is 77.2 Å². The zero-order valence-corrected chi connectivity index (χ0v) is 17.5. The number of aromatic hydroxyl groups is 1. The van der Waals surface area contributed by atoms with Crippen molar-refractivity contribution in [3.63, 3.8) is 0 Å². The molecule has 6 nitrogen and oxygen atoms in total. The standard InChI is InChI=1S/C19H16INO5S/c1-3-26-15-9-11(8-12(20)17(15)22)10-16-18(23)21(19(24)27-16)13-6-4-5-7-14(13)25-2/h4-10,22H,3H2,1-2H3/b16-10-. The molecule has 3 rings (SSSR count). The number of nitrogens with zero attached hydrogens (tertiary/aromatic N) is 1. The number of phenols is 1. The number of carbonyl (C=O) groups is 2. The first-order valence-electron chi connectivity index (χ1n) is 8.02. The quantitative estimate of drug-likeness (QED) is 0.479. The first-order valence-corrected chi connectivity index (χ1v) is 9.92. The van der Waals surface area contributed by atoms with Gasteiger partial charge in [-0.25, -0.2) is 4.90 Å². The largest absolute Gasteiger partial charge is 0.504 e. The lowest BCUT2D eigenvalue weighted by Crippen LogP contribution is -2.28. The monoisotopic (exact) mass is 497 g/mol. The number of methoxy groups -OCH3 is 1. The Morgan fingerprint density at radius 2 is 1.96 bits per heavy atom. The minimum absolute atomic E-state index is 0.0525. The Hall–Kier alpha value is -2.20. The Labute approximate surface area is 174 Å². The molecule has 1 heterocycles. The number of para-hydroxylation sites is 2. The van der Waals surface area contributed by atoms with Gasteiger partial charge in [-0.3, -0.25) is 9.59 Å². The van der Waals surface area contributed by atoms with Gasteiger partial charge in [0.25, 0.3) is 11.1 Å². The van der Waals surface area contributed by atoms with E-state index in [0.29, 0.717) is 32.9 Å². The summed E-state index contributed by atoms with van der Waals surface area (Å²) in [5, 5.41) is 9.66. The smallest absolute Gasteiger partial charge is 0.298 e. The van der Waals surface area contributed by atoms with Crippen LogP contribution in [0.2, 0.25) is 0 Å². The molecule has 1 fully saturated rings. The van der Waals surface area contributed by atoms with Gasteiger partial charge in [0.05, 0.1) is 27.9 Å². The highest BCUT2D eigenvalue weighted by molar-refractivity contribution is 14.1. The molecule has 27 heavy (non-hydrogen) atoms. The lowest BCUT2D eigenvalue weighted by molar-refractivity contribution is -0.113. The number of hydrogen-bond donors (Lipinski definition) is 1. The minimum atomic E-state index is -0.421. The number of phenolic OH excluding ortho intramolecular Hbond substituents is 1. The second-order valence-electron chi connectivity index (χ2n) is 5.47. The van der Waals surface area contributed by atoms with Crippen LogP contribution in [0.25, 0.3) is 6.08 Å². The molecular weight excluding hydrogens is 481 g/mol. The average Bonchev–Trinajstić information content (AvgIpc) is 2.92. The highest BCUT2D eigenvalue weighted by Gasteiger charge is 2.37. The molecule has 2 aromatic rings. The molecule has 0 spiro atoms. The van der Waals surface area contributed by atoms with E-state index in [1.165, 1.54) is 7.11 Å². The molecular formula is C19H16INO5S. The molecule has 1 aliphatic rings. The number of halogens is 1. The summed E-state index contributed by atoms with van der Waals surface area (Å²) in [6.07, 6.45) is 1.62. The van der Waals surface area contributed by atoms with Crippen LogP contribution in [0, 0.1) is 3.57 Å². The number of carbonyl (C=O) groups excluding carboxylic acids is 2. The fourth-order valence-corrected chi connectivity index (χ4v) is 4.04. The van der Waals surface area contributed by atoms with Gasteiger partial charge in [0.2, 0.25) is 0 Å². The van der Waals surface area contributed by atoms with E-state index in [2.05, 4.69) is 0 Å². The lowest BCUT2D eigenvalue weighted by atomic mass is 10.2. The molecule has 140 valence electrons. The highest BCUT2D eigenvalue weighted by atomic mass is 127. The molecule has 0 unspecified atom stereocenters. The Kier molecular flexibility index (Phi) is 5.95. The van der Waals surface area contributed by atoms with Crippen molar-refractivity contribution in [3.8, 4) is 17.2 Å². The normalized spacial score (nSPS) is 15.5. The lowest BCUT2D eigenvalue weighted by Gasteiger charge is -2.15. The van der Waals surface area contributed by atoms with Crippen LogP contribution in [0.3, 0.4) is 0 Å². The fraction of sp³-hybridized carbons (Fsp3) is 0.158. The fourth-order valence-electron chi connectivity index (χ4n) is 2.58. The van der Waals surface area contributed by atoms with Crippen molar-refractivity contribution < 1.29 is 24.2 Å². The van der Waals surface area contributed by atoms with Crippen LogP contribution in [0.15, 0.2) is 41.3 Å². The molecule has 8 heteroatoms. The average molecular weight is 497 g/mol. The second kappa shape index (κ2) is 8.22. The molecule has 1 N–H and O–H groups in total. The van der Waals surface area contributed by atoms with Gasteiger partial charge in [-0.2, -0.15) is 0 Å². The van der Waals surface area contributed by atoms with Gasteiger partial charge in [-0.1, -0.05) is 12.1 Å². The number of benzene rings is 2. The summed E-state index contributed by atoms with van der Waals surface area (Å²) in [5.41, 5.74) is 1.06. The summed E-state index contributed by atoms with van der Waals surface area (Å²) >= 11 is 2.85. The summed E-state index contributed by atoms with van der Waals surface area (Å²) in [5.74, 6) is 0.408. The Bertz CT molecular complexity index is 944. The number of rotatable bonds is 5. The molecule has 0 aromatic heterocycles. The van der Waals surface area contributed by atoms with Crippen LogP contribution in [-0.4, -0.2) is 30.0 Å². The Balaban J connectivity index is 1.98. The number of anilines is 1. The molecule has 2 amide bonds. The SMILES string of the molecule is CCOc1cc(/C=C2\SC(=O)N(c3ccccc3OC)C2=O)cc(I)c1O. The van der Waals surface area contributed by atoms with Crippen molar-refractivity contribution in [3.05, 3.63) is 50.4 Å². The molecule has 0 aliphatic carbocycles. The molecule has 1 saturated heterocycles. The van der Waals surface area contributed by atoms with Crippen molar-refractivity contribution in [1.82, 2.24) is 0 Å². The molecule has 1 aliphatic heterocycles. The van der Waals surface area contributed by atoms with Crippen LogP contribution < -0.4 is 14.4 Å². The highest BCUT2D eigenvalue weighted by Crippen LogP contribution is 2.40. The number of amides is 2. The number of imide groups is 1. The van der Waals surface area contributed by atoms with Crippen LogP contribution >= 0.6 is 34.4 Å². The zero-order valence-electron chi connectivity index (χ0n) is 14.6. The Morgan fingerprint density at radius 1 is 1.22 bits per heavy atom. The summed E-state index contributed by atoms with van der Waals surface area (Å²) in [4.78, 5) is 26.7. The zero-order chi connectivity index (χ0) is 19.6. The van der Waals surface area contributed by atoms with Gasteiger partial charge in [0.1, 0.15) is 5.75 Å². The van der Waals surface area contributed by atoms with Gasteiger partial charge in [-0.15, -0.1) is 0 Å². The maximum Gasteiger partial charge on any atom is 0.298 e. The van der Waals surface area contributed by atoms with Crippen molar-refractivity contribution in [2.24, 2.45) is 0 Å². The van der Waals surface area contributed by atoms with Crippen LogP contribution in [0.1, 0.15) is 12.5 Å². The van der Waals surface area contributed by atoms with Gasteiger partial charge >= 0.3 is 0 Å². The second-order valence-corrected chi connectivity index (χ2v) is 7.63. The van der Waals surface area contributed by atoms with E-state index in [1.54, 1.807) is 42.5 Å². The number of ether oxygens (including phenoxy) is 2. The number of thioether (sulfide) groups is 1. The van der Waals surface area contributed by atoms with Crippen molar-refractivity contribution >= 4 is 57.3 Å². The van der Waals surface area contributed by atoms with Crippen LogP contribution in [-0.2, 0) is 4.79 Å². The van der Waals surface area contributed by atoms with E-state index in [-0.39, 0.29) is 10.7 Å². The van der Waals surface area contributed by atoms with E-state index < -0.39 is 11.1 Å². The molecule has 0 bridgehead atoms. The van der Waals surface area contributed by atoms with E-state index in [4.69, 9.17) is 9.47 Å². The maximum atomic E-state index is 12.8. The molecule has 0 radical (unpaired) electrons. The summed E-state index contributed by atoms with van der Waals surface area (Å²) < 4.78 is 11.3. The first kappa shape index (κ1) is 19.6. The van der Waals surface area contributed by atoms with Crippen LogP contribution in [0.5, 0.6) is 17.2 Å². The number of hydrogen-bond acceptors (Lipinski definition) is 6. The van der Waals surface area contributed by atoms with Crippen molar-refractivity contribution in [2.75, 3.05) is 18.6 Å². The Morgan fingerprint density at radius 3 is 2.67 bits per heavy atom. The third-order valence-corrected chi connectivity index (χ3v) is 5.46. The maximum absolute atomic E-state index is 12.8. The summed E-state index contributed by atoms with van der Waals surface area (Å²) in [6.45, 7) is 2.22. The molecule has 0 atom stereocenters. The summed E-state index contributed by atoms with van der Waals surface area (Å²) in [6, 6.07) is 10.2. The van der Waals surface area contributed by atoms with Gasteiger partial charge in [0.15, 0.2) is 11.5 Å².